The minimum atomic E-state index is 1.12. The first-order valence-electron chi connectivity index (χ1n) is 8.13. The zero-order chi connectivity index (χ0) is 14.3. The molecule has 1 aromatic heterocycles. The third-order valence-corrected chi connectivity index (χ3v) is 5.09. The van der Waals surface area contributed by atoms with Gasteiger partial charge in [-0.1, -0.05) is 30.7 Å². The van der Waals surface area contributed by atoms with Crippen LogP contribution in [0.2, 0.25) is 0 Å². The Balaban J connectivity index is 1.41. The molecule has 1 fully saturated rings. The standard InChI is InChI=1S/C18H24N2S/c1-3-12-20(13-4-1)14-5-2-6-16-7-9-17(10-8-16)18-19-11-15-21-18/h7-11,15H,1-6,12-14H2. The van der Waals surface area contributed by atoms with Crippen LogP contribution in [0.1, 0.15) is 37.7 Å². The fourth-order valence-corrected chi connectivity index (χ4v) is 3.67. The molecule has 0 aliphatic carbocycles. The number of likely N-dealkylation sites (tertiary alicyclic amines) is 1. The van der Waals surface area contributed by atoms with Crippen LogP contribution in [0, 0.1) is 0 Å². The molecule has 0 bridgehead atoms. The number of piperidine rings is 1. The molecular weight excluding hydrogens is 276 g/mol. The summed E-state index contributed by atoms with van der Waals surface area (Å²) in [6.45, 7) is 3.93. The van der Waals surface area contributed by atoms with Crippen molar-refractivity contribution in [3.05, 3.63) is 41.4 Å². The van der Waals surface area contributed by atoms with Gasteiger partial charge in [-0.2, -0.15) is 0 Å². The second-order valence-electron chi connectivity index (χ2n) is 5.89. The number of hydrogen-bond acceptors (Lipinski definition) is 3. The van der Waals surface area contributed by atoms with Crippen LogP contribution in [0.25, 0.3) is 10.6 Å². The van der Waals surface area contributed by atoms with Gasteiger partial charge in [-0.3, -0.25) is 0 Å². The summed E-state index contributed by atoms with van der Waals surface area (Å²) in [5.41, 5.74) is 2.69. The highest BCUT2D eigenvalue weighted by atomic mass is 32.1. The number of unbranched alkanes of at least 4 members (excludes halogenated alkanes) is 1. The maximum atomic E-state index is 4.36. The highest BCUT2D eigenvalue weighted by Crippen LogP contribution is 2.22. The first kappa shape index (κ1) is 14.7. The number of nitrogens with zero attached hydrogens (tertiary/aromatic N) is 2. The predicted molar refractivity (Wildman–Crippen MR) is 90.8 cm³/mol. The van der Waals surface area contributed by atoms with Crippen LogP contribution in [0.3, 0.4) is 0 Å². The van der Waals surface area contributed by atoms with Gasteiger partial charge in [0.1, 0.15) is 5.01 Å². The van der Waals surface area contributed by atoms with Gasteiger partial charge >= 0.3 is 0 Å². The van der Waals surface area contributed by atoms with Crippen LogP contribution in [0.5, 0.6) is 0 Å². The highest BCUT2D eigenvalue weighted by molar-refractivity contribution is 7.13. The van der Waals surface area contributed by atoms with Crippen molar-refractivity contribution in [1.82, 2.24) is 9.88 Å². The lowest BCUT2D eigenvalue weighted by atomic mass is 10.1. The van der Waals surface area contributed by atoms with E-state index in [2.05, 4.69) is 34.1 Å². The molecule has 0 unspecified atom stereocenters. The molecule has 1 aliphatic heterocycles. The molecule has 0 atom stereocenters. The van der Waals surface area contributed by atoms with E-state index in [4.69, 9.17) is 0 Å². The molecule has 21 heavy (non-hydrogen) atoms. The quantitative estimate of drug-likeness (QED) is 0.724. The first-order valence-corrected chi connectivity index (χ1v) is 9.01. The maximum absolute atomic E-state index is 4.36. The van der Waals surface area contributed by atoms with E-state index in [9.17, 15) is 0 Å². The summed E-state index contributed by atoms with van der Waals surface area (Å²) in [6.07, 6.45) is 9.93. The minimum absolute atomic E-state index is 1.12. The van der Waals surface area contributed by atoms with E-state index in [1.54, 1.807) is 11.3 Å². The molecule has 0 spiro atoms. The maximum Gasteiger partial charge on any atom is 0.123 e. The van der Waals surface area contributed by atoms with Crippen molar-refractivity contribution in [2.75, 3.05) is 19.6 Å². The number of aromatic nitrogens is 1. The van der Waals surface area contributed by atoms with E-state index in [0.717, 1.165) is 5.01 Å². The van der Waals surface area contributed by atoms with E-state index in [1.165, 1.54) is 69.3 Å². The molecule has 0 amide bonds. The Labute approximate surface area is 131 Å². The van der Waals surface area contributed by atoms with Crippen molar-refractivity contribution in [1.29, 1.82) is 0 Å². The molecule has 2 heterocycles. The van der Waals surface area contributed by atoms with Gasteiger partial charge in [0.2, 0.25) is 0 Å². The first-order chi connectivity index (χ1) is 10.4. The summed E-state index contributed by atoms with van der Waals surface area (Å²) >= 11 is 1.70. The molecule has 1 saturated heterocycles. The Hall–Kier alpha value is -1.19. The number of rotatable bonds is 6. The molecule has 0 N–H and O–H groups in total. The summed E-state index contributed by atoms with van der Waals surface area (Å²) < 4.78 is 0. The molecule has 0 saturated carbocycles. The molecule has 1 aliphatic rings. The normalized spacial score (nSPS) is 16.2. The average Bonchev–Trinajstić information content (AvgIpc) is 3.08. The lowest BCUT2D eigenvalue weighted by molar-refractivity contribution is 0.225. The molecule has 1 aromatic carbocycles. The number of hydrogen-bond donors (Lipinski definition) is 0. The molecular formula is C18H24N2S. The highest BCUT2D eigenvalue weighted by Gasteiger charge is 2.08. The third kappa shape index (κ3) is 4.39. The van der Waals surface area contributed by atoms with E-state index in [1.807, 2.05) is 11.6 Å². The van der Waals surface area contributed by atoms with Gasteiger partial charge in [0, 0.05) is 17.1 Å². The van der Waals surface area contributed by atoms with Gasteiger partial charge in [0.25, 0.3) is 0 Å². The van der Waals surface area contributed by atoms with Crippen LogP contribution < -0.4 is 0 Å². The molecule has 3 heteroatoms. The van der Waals surface area contributed by atoms with Crippen molar-refractivity contribution >= 4 is 11.3 Å². The third-order valence-electron chi connectivity index (χ3n) is 4.27. The molecule has 2 nitrogen and oxygen atoms in total. The SMILES string of the molecule is c1csc(-c2ccc(CCCCN3CCCCC3)cc2)n1. The summed E-state index contributed by atoms with van der Waals surface area (Å²) in [6, 6.07) is 8.94. The van der Waals surface area contributed by atoms with E-state index < -0.39 is 0 Å². The predicted octanol–water partition coefficient (Wildman–Crippen LogP) is 4.62. The molecule has 0 radical (unpaired) electrons. The lowest BCUT2D eigenvalue weighted by Gasteiger charge is -2.26. The van der Waals surface area contributed by atoms with E-state index >= 15 is 0 Å². The summed E-state index contributed by atoms with van der Waals surface area (Å²) in [5, 5.41) is 3.15. The summed E-state index contributed by atoms with van der Waals surface area (Å²) in [5.74, 6) is 0. The van der Waals surface area contributed by atoms with Crippen molar-refractivity contribution in [2.45, 2.75) is 38.5 Å². The van der Waals surface area contributed by atoms with Crippen molar-refractivity contribution in [3.8, 4) is 10.6 Å². The second kappa shape index (κ2) is 7.71. The fraction of sp³-hybridized carbons (Fsp3) is 0.500. The van der Waals surface area contributed by atoms with E-state index in [-0.39, 0.29) is 0 Å². The average molecular weight is 300 g/mol. The monoisotopic (exact) mass is 300 g/mol. The topological polar surface area (TPSA) is 16.1 Å². The number of thiazole rings is 1. The Morgan fingerprint density at radius 2 is 1.81 bits per heavy atom. The van der Waals surface area contributed by atoms with Crippen LogP contribution in [-0.2, 0) is 6.42 Å². The second-order valence-corrected chi connectivity index (χ2v) is 6.79. The van der Waals surface area contributed by atoms with Crippen LogP contribution in [0.15, 0.2) is 35.8 Å². The fourth-order valence-electron chi connectivity index (χ4n) is 3.03. The summed E-state index contributed by atoms with van der Waals surface area (Å²) in [7, 11) is 0. The molecule has 112 valence electrons. The van der Waals surface area contributed by atoms with Gasteiger partial charge in [-0.25, -0.2) is 4.98 Å². The molecule has 3 rings (SSSR count). The van der Waals surface area contributed by atoms with Crippen molar-refractivity contribution in [3.63, 3.8) is 0 Å². The van der Waals surface area contributed by atoms with Gasteiger partial charge in [0.05, 0.1) is 0 Å². The van der Waals surface area contributed by atoms with Gasteiger partial charge < -0.3 is 4.90 Å². The van der Waals surface area contributed by atoms with Gasteiger partial charge in [0.15, 0.2) is 0 Å². The van der Waals surface area contributed by atoms with Gasteiger partial charge in [-0.05, 0) is 57.3 Å². The zero-order valence-corrected chi connectivity index (χ0v) is 13.4. The van der Waals surface area contributed by atoms with Gasteiger partial charge in [-0.15, -0.1) is 11.3 Å². The smallest absolute Gasteiger partial charge is 0.123 e. The molecule has 2 aromatic rings. The number of benzene rings is 1. The number of aryl methyl sites for hydroxylation is 1. The lowest BCUT2D eigenvalue weighted by Crippen LogP contribution is -2.30. The van der Waals surface area contributed by atoms with E-state index in [0.29, 0.717) is 0 Å². The Bertz CT molecular complexity index is 513. The van der Waals surface area contributed by atoms with Crippen LogP contribution in [-0.4, -0.2) is 29.5 Å². The van der Waals surface area contributed by atoms with Crippen LogP contribution in [0.4, 0.5) is 0 Å². The minimum Gasteiger partial charge on any atom is -0.303 e. The van der Waals surface area contributed by atoms with Crippen molar-refractivity contribution < 1.29 is 0 Å². The largest absolute Gasteiger partial charge is 0.303 e. The Morgan fingerprint density at radius 3 is 2.52 bits per heavy atom. The van der Waals surface area contributed by atoms with Crippen molar-refractivity contribution in [2.24, 2.45) is 0 Å². The Morgan fingerprint density at radius 1 is 1.00 bits per heavy atom. The zero-order valence-electron chi connectivity index (χ0n) is 12.6. The Kier molecular flexibility index (Phi) is 5.41. The van der Waals surface area contributed by atoms with Crippen LogP contribution >= 0.6 is 11.3 Å². The summed E-state index contributed by atoms with van der Waals surface area (Å²) in [4.78, 5) is 6.99.